The topological polar surface area (TPSA) is 75.3 Å². The number of carbonyl (C=O) groups excluding carboxylic acids is 1. The number of thiocarbonyl (C=S) groups is 1. The van der Waals surface area contributed by atoms with E-state index in [0.717, 1.165) is 5.56 Å². The number of benzene rings is 2. The maximum Gasteiger partial charge on any atom is 0.255 e. The highest BCUT2D eigenvalue weighted by molar-refractivity contribution is 9.10. The molecule has 4 nitrogen and oxygen atoms in total. The number of halogens is 1. The van der Waals surface area contributed by atoms with Crippen LogP contribution in [0.3, 0.4) is 0 Å². The zero-order chi connectivity index (χ0) is 14.7. The van der Waals surface area contributed by atoms with Crippen LogP contribution in [0.25, 0.3) is 0 Å². The van der Waals surface area contributed by atoms with Gasteiger partial charge in [0.25, 0.3) is 5.91 Å². The van der Waals surface area contributed by atoms with Gasteiger partial charge in [0.2, 0.25) is 0 Å². The van der Waals surface area contributed by atoms with Crippen LogP contribution >= 0.6 is 28.1 Å². The molecule has 0 heterocycles. The Bertz CT molecular complexity index is 671. The van der Waals surface area contributed by atoms with Crippen LogP contribution in [-0.2, 0) is 0 Å². The van der Waals surface area contributed by atoms with E-state index in [-0.39, 0.29) is 11.7 Å². The van der Waals surface area contributed by atoms with E-state index in [1.165, 1.54) is 6.07 Å². The Morgan fingerprint density at radius 3 is 2.30 bits per heavy atom. The van der Waals surface area contributed by atoms with Crippen molar-refractivity contribution >= 4 is 44.7 Å². The highest BCUT2D eigenvalue weighted by Crippen LogP contribution is 2.24. The molecule has 0 fully saturated rings. The minimum atomic E-state index is -0.309. The predicted octanol–water partition coefficient (Wildman–Crippen LogP) is 3.04. The first kappa shape index (κ1) is 14.5. The fraction of sp³-hybridized carbons (Fsp3) is 0. The zero-order valence-corrected chi connectivity index (χ0v) is 12.7. The molecular formula is C14H11BrN2O2S. The lowest BCUT2D eigenvalue weighted by molar-refractivity contribution is 0.102. The van der Waals surface area contributed by atoms with Crippen LogP contribution in [-0.4, -0.2) is 16.0 Å². The summed E-state index contributed by atoms with van der Waals surface area (Å²) in [6.45, 7) is 0. The molecule has 2 aromatic rings. The lowest BCUT2D eigenvalue weighted by Crippen LogP contribution is -2.12. The maximum atomic E-state index is 12.0. The fourth-order valence-corrected chi connectivity index (χ4v) is 1.96. The molecule has 0 unspecified atom stereocenters. The molecule has 0 spiro atoms. The predicted molar refractivity (Wildman–Crippen MR) is 86.1 cm³/mol. The third-order valence-corrected chi connectivity index (χ3v) is 3.54. The summed E-state index contributed by atoms with van der Waals surface area (Å²) in [7, 11) is 0. The number of nitrogens with one attached hydrogen (secondary N) is 1. The molecule has 4 N–H and O–H groups in total. The molecule has 1 amide bonds. The molecule has 0 saturated heterocycles. The van der Waals surface area contributed by atoms with Crippen molar-refractivity contribution in [2.75, 3.05) is 5.32 Å². The summed E-state index contributed by atoms with van der Waals surface area (Å²) < 4.78 is 0.537. The number of amides is 1. The number of aromatic hydroxyl groups is 1. The van der Waals surface area contributed by atoms with Crippen LogP contribution in [0.2, 0.25) is 0 Å². The molecule has 0 bridgehead atoms. The largest absolute Gasteiger partial charge is 0.507 e. The van der Waals surface area contributed by atoms with Gasteiger partial charge in [-0.2, -0.15) is 0 Å². The van der Waals surface area contributed by atoms with E-state index < -0.39 is 0 Å². The Balaban J connectivity index is 2.14. The van der Waals surface area contributed by atoms with Gasteiger partial charge in [-0.25, -0.2) is 0 Å². The fourth-order valence-electron chi connectivity index (χ4n) is 1.57. The van der Waals surface area contributed by atoms with Crippen molar-refractivity contribution < 1.29 is 9.90 Å². The molecule has 102 valence electrons. The van der Waals surface area contributed by atoms with Gasteiger partial charge in [-0.15, -0.1) is 0 Å². The summed E-state index contributed by atoms with van der Waals surface area (Å²) in [4.78, 5) is 12.3. The van der Waals surface area contributed by atoms with Crippen molar-refractivity contribution in [1.82, 2.24) is 0 Å². The summed E-state index contributed by atoms with van der Waals surface area (Å²) in [6.07, 6.45) is 0. The number of carbonyl (C=O) groups is 1. The molecule has 0 atom stereocenters. The lowest BCUT2D eigenvalue weighted by Gasteiger charge is -2.07. The van der Waals surface area contributed by atoms with Crippen LogP contribution in [0.5, 0.6) is 5.75 Å². The molecule has 0 aliphatic rings. The third-order valence-electron chi connectivity index (χ3n) is 2.64. The average molecular weight is 351 g/mol. The van der Waals surface area contributed by atoms with Crippen molar-refractivity contribution in [2.24, 2.45) is 5.73 Å². The number of phenolic OH excluding ortho intramolecular Hbond substituents is 1. The van der Waals surface area contributed by atoms with E-state index in [1.807, 2.05) is 0 Å². The summed E-state index contributed by atoms with van der Waals surface area (Å²) in [6, 6.07) is 11.5. The van der Waals surface area contributed by atoms with Gasteiger partial charge in [0, 0.05) is 16.8 Å². The lowest BCUT2D eigenvalue weighted by atomic mass is 10.1. The molecular weight excluding hydrogens is 340 g/mol. The van der Waals surface area contributed by atoms with E-state index in [1.54, 1.807) is 36.4 Å². The van der Waals surface area contributed by atoms with Gasteiger partial charge < -0.3 is 16.2 Å². The van der Waals surface area contributed by atoms with Gasteiger partial charge >= 0.3 is 0 Å². The SMILES string of the molecule is NC(=S)c1ccc(NC(=O)c2ccc(Br)c(O)c2)cc1. The van der Waals surface area contributed by atoms with E-state index in [4.69, 9.17) is 18.0 Å². The molecule has 2 aromatic carbocycles. The third kappa shape index (κ3) is 3.34. The van der Waals surface area contributed by atoms with Crippen LogP contribution in [0, 0.1) is 0 Å². The van der Waals surface area contributed by atoms with Crippen LogP contribution in [0.15, 0.2) is 46.9 Å². The smallest absolute Gasteiger partial charge is 0.255 e. The van der Waals surface area contributed by atoms with Gasteiger partial charge in [0.05, 0.1) is 4.47 Å². The second-order valence-corrected chi connectivity index (χ2v) is 5.36. The van der Waals surface area contributed by atoms with Gasteiger partial charge in [-0.1, -0.05) is 12.2 Å². The minimum absolute atomic E-state index is 0.0153. The molecule has 0 aliphatic carbocycles. The van der Waals surface area contributed by atoms with E-state index >= 15 is 0 Å². The zero-order valence-electron chi connectivity index (χ0n) is 10.3. The monoisotopic (exact) mass is 350 g/mol. The number of phenols is 1. The quantitative estimate of drug-likeness (QED) is 0.743. The number of nitrogens with two attached hydrogens (primary N) is 1. The molecule has 0 radical (unpaired) electrons. The van der Waals surface area contributed by atoms with Gasteiger partial charge in [0.15, 0.2) is 0 Å². The second kappa shape index (κ2) is 6.02. The number of hydrogen-bond acceptors (Lipinski definition) is 3. The molecule has 0 aromatic heterocycles. The van der Waals surface area contributed by atoms with Crippen molar-refractivity contribution in [2.45, 2.75) is 0 Å². The normalized spacial score (nSPS) is 10.1. The Labute approximate surface area is 129 Å². The average Bonchev–Trinajstić information content (AvgIpc) is 2.42. The van der Waals surface area contributed by atoms with Crippen LogP contribution < -0.4 is 11.1 Å². The van der Waals surface area contributed by atoms with E-state index in [9.17, 15) is 9.90 Å². The molecule has 0 aliphatic heterocycles. The number of hydrogen-bond donors (Lipinski definition) is 3. The van der Waals surface area contributed by atoms with Crippen molar-refractivity contribution in [3.05, 3.63) is 58.1 Å². The van der Waals surface area contributed by atoms with Gasteiger partial charge in [0.1, 0.15) is 10.7 Å². The highest BCUT2D eigenvalue weighted by atomic mass is 79.9. The maximum absolute atomic E-state index is 12.0. The first-order valence-electron chi connectivity index (χ1n) is 5.67. The van der Waals surface area contributed by atoms with E-state index in [2.05, 4.69) is 21.2 Å². The van der Waals surface area contributed by atoms with Crippen molar-refractivity contribution in [3.8, 4) is 5.75 Å². The summed E-state index contributed by atoms with van der Waals surface area (Å²) >= 11 is 8.02. The Hall–Kier alpha value is -1.92. The summed E-state index contributed by atoms with van der Waals surface area (Å²) in [5.41, 5.74) is 7.22. The Kier molecular flexibility index (Phi) is 4.36. The van der Waals surface area contributed by atoms with Gasteiger partial charge in [-0.05, 0) is 58.4 Å². The van der Waals surface area contributed by atoms with Crippen molar-refractivity contribution in [3.63, 3.8) is 0 Å². The number of anilines is 1. The Morgan fingerprint density at radius 2 is 1.75 bits per heavy atom. The van der Waals surface area contributed by atoms with Gasteiger partial charge in [-0.3, -0.25) is 4.79 Å². The number of rotatable bonds is 3. The standard InChI is InChI=1S/C14H11BrN2O2S/c15-11-6-3-9(7-12(11)18)14(19)17-10-4-1-8(2-5-10)13(16)20/h1-7,18H,(H2,16,20)(H,17,19). The molecule has 20 heavy (non-hydrogen) atoms. The molecule has 6 heteroatoms. The second-order valence-electron chi connectivity index (χ2n) is 4.06. The first-order valence-corrected chi connectivity index (χ1v) is 6.87. The summed E-state index contributed by atoms with van der Waals surface area (Å²) in [5, 5.41) is 12.3. The van der Waals surface area contributed by atoms with Crippen LogP contribution in [0.4, 0.5) is 5.69 Å². The van der Waals surface area contributed by atoms with E-state index in [0.29, 0.717) is 20.7 Å². The highest BCUT2D eigenvalue weighted by Gasteiger charge is 2.08. The Morgan fingerprint density at radius 1 is 1.15 bits per heavy atom. The van der Waals surface area contributed by atoms with Crippen LogP contribution in [0.1, 0.15) is 15.9 Å². The first-order chi connectivity index (χ1) is 9.47. The summed E-state index contributed by atoms with van der Waals surface area (Å²) in [5.74, 6) is -0.294. The van der Waals surface area contributed by atoms with Crippen molar-refractivity contribution in [1.29, 1.82) is 0 Å². The minimum Gasteiger partial charge on any atom is -0.507 e. The molecule has 2 rings (SSSR count). The molecule has 0 saturated carbocycles.